The Morgan fingerprint density at radius 2 is 1.55 bits per heavy atom. The summed E-state index contributed by atoms with van der Waals surface area (Å²) in [5, 5.41) is 12.5. The number of nitrogens with zero attached hydrogens (tertiary/aromatic N) is 3. The van der Waals surface area contributed by atoms with Crippen molar-refractivity contribution >= 4 is 23.4 Å². The van der Waals surface area contributed by atoms with Crippen LogP contribution in [0.25, 0.3) is 17.1 Å². The second-order valence-electron chi connectivity index (χ2n) is 7.55. The highest BCUT2D eigenvalue weighted by atomic mass is 32.2. The van der Waals surface area contributed by atoms with Crippen LogP contribution in [0.5, 0.6) is 0 Å². The van der Waals surface area contributed by atoms with Gasteiger partial charge in [0.15, 0.2) is 11.0 Å². The van der Waals surface area contributed by atoms with Gasteiger partial charge in [0.05, 0.1) is 5.75 Å². The maximum atomic E-state index is 12.5. The first-order chi connectivity index (χ1) is 15.0. The van der Waals surface area contributed by atoms with Crippen LogP contribution in [0.15, 0.2) is 78.0 Å². The van der Waals surface area contributed by atoms with Crippen LogP contribution in [0.2, 0.25) is 0 Å². The van der Waals surface area contributed by atoms with Crippen LogP contribution in [0.3, 0.4) is 0 Å². The highest BCUT2D eigenvalue weighted by molar-refractivity contribution is 7.99. The molecular formula is C25H24N4OS. The number of rotatable bonds is 6. The quantitative estimate of drug-likeness (QED) is 0.407. The van der Waals surface area contributed by atoms with Gasteiger partial charge in [-0.25, -0.2) is 0 Å². The summed E-state index contributed by atoms with van der Waals surface area (Å²) in [5.41, 5.74) is 6.24. The van der Waals surface area contributed by atoms with Crippen LogP contribution in [-0.2, 0) is 4.79 Å². The predicted octanol–water partition coefficient (Wildman–Crippen LogP) is 5.59. The van der Waals surface area contributed by atoms with Gasteiger partial charge in [0.25, 0.3) is 0 Å². The van der Waals surface area contributed by atoms with Crippen molar-refractivity contribution < 1.29 is 4.79 Å². The van der Waals surface area contributed by atoms with E-state index < -0.39 is 0 Å². The molecule has 0 aliphatic heterocycles. The maximum absolute atomic E-state index is 12.5. The summed E-state index contributed by atoms with van der Waals surface area (Å²) < 4.78 is 2.01. The Morgan fingerprint density at radius 3 is 2.23 bits per heavy atom. The molecule has 6 heteroatoms. The molecule has 0 aliphatic rings. The van der Waals surface area contributed by atoms with E-state index in [0.29, 0.717) is 5.16 Å². The van der Waals surface area contributed by atoms with Crippen molar-refractivity contribution in [3.05, 3.63) is 89.5 Å². The fraction of sp³-hybridized carbons (Fsp3) is 0.160. The number of hydrogen-bond acceptors (Lipinski definition) is 4. The lowest BCUT2D eigenvalue weighted by molar-refractivity contribution is -0.113. The highest BCUT2D eigenvalue weighted by Crippen LogP contribution is 2.28. The summed E-state index contributed by atoms with van der Waals surface area (Å²) in [7, 11) is 0. The standard InChI is InChI=1S/C25H24N4OS/c1-17-7-11-21(12-8-17)26-23(30)16-31-25-28-27-24(20-6-4-5-19(3)15-20)29(25)22-13-9-18(2)10-14-22/h4-15H,16H2,1-3H3,(H,26,30). The van der Waals surface area contributed by atoms with Gasteiger partial charge in [0.1, 0.15) is 0 Å². The van der Waals surface area contributed by atoms with Gasteiger partial charge >= 0.3 is 0 Å². The average Bonchev–Trinajstić information content (AvgIpc) is 3.18. The van der Waals surface area contributed by atoms with E-state index in [-0.39, 0.29) is 11.7 Å². The zero-order valence-electron chi connectivity index (χ0n) is 17.8. The number of anilines is 1. The largest absolute Gasteiger partial charge is 0.325 e. The lowest BCUT2D eigenvalue weighted by Gasteiger charge is -2.11. The van der Waals surface area contributed by atoms with Crippen molar-refractivity contribution in [3.63, 3.8) is 0 Å². The molecule has 0 bridgehead atoms. The van der Waals surface area contributed by atoms with Crippen LogP contribution in [-0.4, -0.2) is 26.4 Å². The number of carbonyl (C=O) groups is 1. The van der Waals surface area contributed by atoms with Crippen molar-refractivity contribution in [2.45, 2.75) is 25.9 Å². The van der Waals surface area contributed by atoms with Crippen molar-refractivity contribution in [1.82, 2.24) is 14.8 Å². The van der Waals surface area contributed by atoms with Crippen molar-refractivity contribution in [1.29, 1.82) is 0 Å². The lowest BCUT2D eigenvalue weighted by Crippen LogP contribution is -2.14. The Hall–Kier alpha value is -3.38. The molecule has 1 heterocycles. The molecule has 1 N–H and O–H groups in total. The van der Waals surface area contributed by atoms with Gasteiger partial charge in [-0.2, -0.15) is 0 Å². The second kappa shape index (κ2) is 9.18. The molecule has 156 valence electrons. The molecule has 0 fully saturated rings. The molecule has 0 aliphatic carbocycles. The Labute approximate surface area is 186 Å². The highest BCUT2D eigenvalue weighted by Gasteiger charge is 2.17. The van der Waals surface area contributed by atoms with Gasteiger partial charge in [-0.15, -0.1) is 10.2 Å². The minimum atomic E-state index is -0.0792. The first kappa shape index (κ1) is 20.9. The van der Waals surface area contributed by atoms with Gasteiger partial charge in [-0.3, -0.25) is 9.36 Å². The molecule has 1 aromatic heterocycles. The molecule has 0 spiro atoms. The van der Waals surface area contributed by atoms with Crippen LogP contribution in [0, 0.1) is 20.8 Å². The molecule has 0 unspecified atom stereocenters. The summed E-state index contributed by atoms with van der Waals surface area (Å²) in [6.45, 7) is 6.13. The number of amides is 1. The molecule has 0 atom stereocenters. The molecule has 4 rings (SSSR count). The number of nitrogens with one attached hydrogen (secondary N) is 1. The Kier molecular flexibility index (Phi) is 6.18. The average molecular weight is 429 g/mol. The van der Waals surface area contributed by atoms with Gasteiger partial charge < -0.3 is 5.32 Å². The van der Waals surface area contributed by atoms with Gasteiger partial charge in [-0.1, -0.05) is 70.9 Å². The van der Waals surface area contributed by atoms with Crippen molar-refractivity contribution in [2.24, 2.45) is 0 Å². The van der Waals surface area contributed by atoms with Gasteiger partial charge in [-0.05, 0) is 51.1 Å². The Balaban J connectivity index is 1.60. The first-order valence-electron chi connectivity index (χ1n) is 10.1. The summed E-state index contributed by atoms with van der Waals surface area (Å²) in [5.74, 6) is 0.921. The monoisotopic (exact) mass is 428 g/mol. The second-order valence-corrected chi connectivity index (χ2v) is 8.49. The van der Waals surface area contributed by atoms with E-state index in [1.54, 1.807) is 0 Å². The SMILES string of the molecule is Cc1ccc(NC(=O)CSc2nnc(-c3cccc(C)c3)n2-c2ccc(C)cc2)cc1. The molecule has 4 aromatic rings. The molecule has 1 amide bonds. The molecule has 0 radical (unpaired) electrons. The zero-order valence-corrected chi connectivity index (χ0v) is 18.6. The van der Waals surface area contributed by atoms with E-state index in [2.05, 4.69) is 65.8 Å². The Bertz CT molecular complexity index is 1200. The number of aromatic nitrogens is 3. The molecule has 5 nitrogen and oxygen atoms in total. The maximum Gasteiger partial charge on any atom is 0.234 e. The van der Waals surface area contributed by atoms with Crippen LogP contribution in [0.4, 0.5) is 5.69 Å². The fourth-order valence-corrected chi connectivity index (χ4v) is 3.98. The first-order valence-corrected chi connectivity index (χ1v) is 11.1. The molecule has 0 saturated heterocycles. The summed E-state index contributed by atoms with van der Waals surface area (Å²) in [6.07, 6.45) is 0. The van der Waals surface area contributed by atoms with Crippen LogP contribution >= 0.6 is 11.8 Å². The van der Waals surface area contributed by atoms with E-state index in [1.807, 2.05) is 47.9 Å². The van der Waals surface area contributed by atoms with E-state index in [1.165, 1.54) is 17.3 Å². The zero-order chi connectivity index (χ0) is 21.8. The Morgan fingerprint density at radius 1 is 0.871 bits per heavy atom. The number of carbonyl (C=O) groups excluding carboxylic acids is 1. The number of thioether (sulfide) groups is 1. The molecular weight excluding hydrogens is 404 g/mol. The third-order valence-corrected chi connectivity index (χ3v) is 5.80. The van der Waals surface area contributed by atoms with Gasteiger partial charge in [0.2, 0.25) is 5.91 Å². The van der Waals surface area contributed by atoms with E-state index in [9.17, 15) is 4.79 Å². The van der Waals surface area contributed by atoms with E-state index in [0.717, 1.165) is 33.9 Å². The minimum Gasteiger partial charge on any atom is -0.325 e. The lowest BCUT2D eigenvalue weighted by atomic mass is 10.1. The third-order valence-electron chi connectivity index (χ3n) is 4.87. The predicted molar refractivity (Wildman–Crippen MR) is 127 cm³/mol. The minimum absolute atomic E-state index is 0.0792. The summed E-state index contributed by atoms with van der Waals surface area (Å²) >= 11 is 1.37. The molecule has 31 heavy (non-hydrogen) atoms. The van der Waals surface area contributed by atoms with Crippen LogP contribution in [0.1, 0.15) is 16.7 Å². The van der Waals surface area contributed by atoms with E-state index >= 15 is 0 Å². The number of aryl methyl sites for hydroxylation is 3. The summed E-state index contributed by atoms with van der Waals surface area (Å²) in [4.78, 5) is 12.5. The topological polar surface area (TPSA) is 59.8 Å². The molecule has 3 aromatic carbocycles. The molecule has 0 saturated carbocycles. The number of benzene rings is 3. The van der Waals surface area contributed by atoms with Crippen LogP contribution < -0.4 is 5.32 Å². The normalized spacial score (nSPS) is 10.8. The van der Waals surface area contributed by atoms with E-state index in [4.69, 9.17) is 0 Å². The number of hydrogen-bond donors (Lipinski definition) is 1. The van der Waals surface area contributed by atoms with Crippen molar-refractivity contribution in [3.8, 4) is 17.1 Å². The van der Waals surface area contributed by atoms with Gasteiger partial charge in [0, 0.05) is 16.9 Å². The fourth-order valence-electron chi connectivity index (χ4n) is 3.23. The van der Waals surface area contributed by atoms with Crippen molar-refractivity contribution in [2.75, 3.05) is 11.1 Å². The summed E-state index contributed by atoms with van der Waals surface area (Å²) in [6, 6.07) is 24.2. The third kappa shape index (κ3) is 5.03. The smallest absolute Gasteiger partial charge is 0.234 e.